The Morgan fingerprint density at radius 2 is 2.33 bits per heavy atom. The van der Waals surface area contributed by atoms with Gasteiger partial charge >= 0.3 is 0 Å². The van der Waals surface area contributed by atoms with Gasteiger partial charge in [-0.3, -0.25) is 4.90 Å². The average Bonchev–Trinajstić information content (AvgIpc) is 2.81. The maximum Gasteiger partial charge on any atom is 0.108 e. The maximum atomic E-state index is 5.65. The molecule has 1 saturated heterocycles. The molecule has 0 N–H and O–H groups in total. The van der Waals surface area contributed by atoms with E-state index in [9.17, 15) is 0 Å². The molecule has 0 spiro atoms. The third-order valence-corrected chi connectivity index (χ3v) is 4.84. The lowest BCUT2D eigenvalue weighted by atomic mass is 10.3. The molecule has 96 valence electrons. The SMILES string of the molecule is BrCC1CN(Cc2nc3ccccc3s2)CCO1. The molecule has 2 aromatic rings. The van der Waals surface area contributed by atoms with Crippen molar-refractivity contribution in [2.24, 2.45) is 0 Å². The van der Waals surface area contributed by atoms with E-state index in [1.54, 1.807) is 11.3 Å². The third-order valence-electron chi connectivity index (χ3n) is 3.09. The van der Waals surface area contributed by atoms with E-state index in [1.807, 2.05) is 6.07 Å². The number of ether oxygens (including phenoxy) is 1. The molecule has 1 aliphatic heterocycles. The molecule has 1 aromatic carbocycles. The van der Waals surface area contributed by atoms with Crippen molar-refractivity contribution in [2.75, 3.05) is 25.0 Å². The number of rotatable bonds is 3. The minimum atomic E-state index is 0.313. The Labute approximate surface area is 119 Å². The van der Waals surface area contributed by atoms with E-state index in [0.717, 1.165) is 37.1 Å². The second-order valence-corrected chi connectivity index (χ2v) is 6.22. The van der Waals surface area contributed by atoms with Crippen molar-refractivity contribution in [3.63, 3.8) is 0 Å². The van der Waals surface area contributed by atoms with Crippen LogP contribution < -0.4 is 0 Å². The van der Waals surface area contributed by atoms with E-state index >= 15 is 0 Å². The number of hydrogen-bond donors (Lipinski definition) is 0. The van der Waals surface area contributed by atoms with Crippen LogP contribution in [0.25, 0.3) is 10.2 Å². The Balaban J connectivity index is 1.71. The molecular formula is C13H15BrN2OS. The van der Waals surface area contributed by atoms with Crippen molar-refractivity contribution in [3.05, 3.63) is 29.3 Å². The van der Waals surface area contributed by atoms with Gasteiger partial charge in [-0.1, -0.05) is 28.1 Å². The molecular weight excluding hydrogens is 312 g/mol. The highest BCUT2D eigenvalue weighted by molar-refractivity contribution is 9.09. The molecule has 0 amide bonds. The molecule has 1 fully saturated rings. The zero-order valence-electron chi connectivity index (χ0n) is 10.0. The lowest BCUT2D eigenvalue weighted by molar-refractivity contribution is -0.0181. The molecule has 3 nitrogen and oxygen atoms in total. The summed E-state index contributed by atoms with van der Waals surface area (Å²) in [5.41, 5.74) is 1.11. The van der Waals surface area contributed by atoms with E-state index in [1.165, 1.54) is 9.71 Å². The molecule has 1 unspecified atom stereocenters. The lowest BCUT2D eigenvalue weighted by Gasteiger charge is -2.31. The largest absolute Gasteiger partial charge is 0.375 e. The van der Waals surface area contributed by atoms with Gasteiger partial charge in [-0.2, -0.15) is 0 Å². The standard InChI is InChI=1S/C13H15BrN2OS/c14-7-10-8-16(5-6-17-10)9-13-15-11-3-1-2-4-12(11)18-13/h1-4,10H,5-9H2. The van der Waals surface area contributed by atoms with Gasteiger partial charge < -0.3 is 4.74 Å². The first kappa shape index (κ1) is 12.5. The first-order valence-corrected chi connectivity index (χ1v) is 8.03. The zero-order chi connectivity index (χ0) is 12.4. The Bertz CT molecular complexity index is 497. The molecule has 1 atom stereocenters. The van der Waals surface area contributed by atoms with Crippen molar-refractivity contribution in [2.45, 2.75) is 12.6 Å². The summed E-state index contributed by atoms with van der Waals surface area (Å²) < 4.78 is 6.92. The molecule has 2 heterocycles. The molecule has 0 bridgehead atoms. The van der Waals surface area contributed by atoms with Gasteiger partial charge in [-0.25, -0.2) is 4.98 Å². The van der Waals surface area contributed by atoms with Gasteiger partial charge in [0.25, 0.3) is 0 Å². The summed E-state index contributed by atoms with van der Waals surface area (Å²) in [7, 11) is 0. The van der Waals surface area contributed by atoms with Crippen LogP contribution >= 0.6 is 27.3 Å². The predicted octanol–water partition coefficient (Wildman–Crippen LogP) is 2.89. The Kier molecular flexibility index (Phi) is 3.94. The van der Waals surface area contributed by atoms with E-state index in [-0.39, 0.29) is 0 Å². The highest BCUT2D eigenvalue weighted by Crippen LogP contribution is 2.23. The molecule has 18 heavy (non-hydrogen) atoms. The van der Waals surface area contributed by atoms with Crippen molar-refractivity contribution in [1.82, 2.24) is 9.88 Å². The fourth-order valence-corrected chi connectivity index (χ4v) is 3.60. The first-order chi connectivity index (χ1) is 8.85. The minimum Gasteiger partial charge on any atom is -0.375 e. The van der Waals surface area contributed by atoms with Crippen LogP contribution in [-0.2, 0) is 11.3 Å². The molecule has 1 aliphatic rings. The smallest absolute Gasteiger partial charge is 0.108 e. The Morgan fingerprint density at radius 1 is 1.44 bits per heavy atom. The second kappa shape index (κ2) is 5.65. The topological polar surface area (TPSA) is 25.4 Å². The highest BCUT2D eigenvalue weighted by Gasteiger charge is 2.20. The van der Waals surface area contributed by atoms with Crippen molar-refractivity contribution >= 4 is 37.5 Å². The highest BCUT2D eigenvalue weighted by atomic mass is 79.9. The van der Waals surface area contributed by atoms with Gasteiger partial charge in [0.15, 0.2) is 0 Å². The molecule has 0 aliphatic carbocycles. The summed E-state index contributed by atoms with van der Waals surface area (Å²) >= 11 is 5.28. The Morgan fingerprint density at radius 3 is 3.17 bits per heavy atom. The van der Waals surface area contributed by atoms with Gasteiger partial charge in [0.05, 0.1) is 29.5 Å². The number of thiazole rings is 1. The van der Waals surface area contributed by atoms with Gasteiger partial charge in [0.1, 0.15) is 5.01 Å². The van der Waals surface area contributed by atoms with Crippen molar-refractivity contribution in [3.8, 4) is 0 Å². The second-order valence-electron chi connectivity index (χ2n) is 4.46. The molecule has 5 heteroatoms. The summed E-state index contributed by atoms with van der Waals surface area (Å²) in [6, 6.07) is 8.33. The van der Waals surface area contributed by atoms with Crippen molar-refractivity contribution < 1.29 is 4.74 Å². The maximum absolute atomic E-state index is 5.65. The summed E-state index contributed by atoms with van der Waals surface area (Å²) in [6.45, 7) is 3.74. The van der Waals surface area contributed by atoms with E-state index in [0.29, 0.717) is 6.10 Å². The normalized spacial score (nSPS) is 21.5. The van der Waals surface area contributed by atoms with E-state index in [4.69, 9.17) is 4.74 Å². The summed E-state index contributed by atoms with van der Waals surface area (Å²) in [6.07, 6.45) is 0.313. The number of morpholine rings is 1. The summed E-state index contributed by atoms with van der Waals surface area (Å²) in [4.78, 5) is 7.11. The number of alkyl halides is 1. The molecule has 0 radical (unpaired) electrons. The number of benzene rings is 1. The fraction of sp³-hybridized carbons (Fsp3) is 0.462. The summed E-state index contributed by atoms with van der Waals surface area (Å²) in [5, 5.41) is 2.11. The monoisotopic (exact) mass is 326 g/mol. The van der Waals surface area contributed by atoms with Crippen LogP contribution in [0.5, 0.6) is 0 Å². The van der Waals surface area contributed by atoms with Crippen molar-refractivity contribution in [1.29, 1.82) is 0 Å². The van der Waals surface area contributed by atoms with Crippen LogP contribution in [0.4, 0.5) is 0 Å². The van der Waals surface area contributed by atoms with E-state index < -0.39 is 0 Å². The average molecular weight is 327 g/mol. The minimum absolute atomic E-state index is 0.313. The zero-order valence-corrected chi connectivity index (χ0v) is 12.4. The van der Waals surface area contributed by atoms with Gasteiger partial charge in [-0.15, -0.1) is 11.3 Å². The Hall–Kier alpha value is -0.490. The van der Waals surface area contributed by atoms with Gasteiger partial charge in [0, 0.05) is 18.4 Å². The van der Waals surface area contributed by atoms with Crippen LogP contribution in [0.2, 0.25) is 0 Å². The number of hydrogen-bond acceptors (Lipinski definition) is 4. The van der Waals surface area contributed by atoms with Crippen LogP contribution in [0.3, 0.4) is 0 Å². The van der Waals surface area contributed by atoms with E-state index in [2.05, 4.69) is 44.0 Å². The van der Waals surface area contributed by atoms with Gasteiger partial charge in [-0.05, 0) is 12.1 Å². The summed E-state index contributed by atoms with van der Waals surface area (Å²) in [5.74, 6) is 0. The fourth-order valence-electron chi connectivity index (χ4n) is 2.20. The number of nitrogens with zero attached hydrogens (tertiary/aromatic N) is 2. The molecule has 1 aromatic heterocycles. The quantitative estimate of drug-likeness (QED) is 0.811. The first-order valence-electron chi connectivity index (χ1n) is 6.09. The van der Waals surface area contributed by atoms with Crippen LogP contribution in [-0.4, -0.2) is 41.0 Å². The van der Waals surface area contributed by atoms with Crippen LogP contribution in [0.15, 0.2) is 24.3 Å². The predicted molar refractivity (Wildman–Crippen MR) is 78.4 cm³/mol. The lowest BCUT2D eigenvalue weighted by Crippen LogP contribution is -2.42. The number of para-hydroxylation sites is 1. The number of halogens is 1. The number of fused-ring (bicyclic) bond motifs is 1. The van der Waals surface area contributed by atoms with Crippen LogP contribution in [0, 0.1) is 0 Å². The van der Waals surface area contributed by atoms with Crippen LogP contribution in [0.1, 0.15) is 5.01 Å². The number of aromatic nitrogens is 1. The third kappa shape index (κ3) is 2.74. The molecule has 3 rings (SSSR count). The molecule has 0 saturated carbocycles. The van der Waals surface area contributed by atoms with Gasteiger partial charge in [0.2, 0.25) is 0 Å².